The molecule has 33 heavy (non-hydrogen) atoms. The molecule has 2 aromatic carbocycles. The van der Waals surface area contributed by atoms with Crippen molar-refractivity contribution < 1.29 is 27.4 Å². The second-order valence-electron chi connectivity index (χ2n) is 7.31. The van der Waals surface area contributed by atoms with Crippen LogP contribution < -0.4 is 10.1 Å². The zero-order chi connectivity index (χ0) is 24.3. The average molecular weight is 468 g/mol. The van der Waals surface area contributed by atoms with Crippen molar-refractivity contribution in [3.63, 3.8) is 0 Å². The van der Waals surface area contributed by atoms with Gasteiger partial charge in [-0.3, -0.25) is 15.1 Å². The van der Waals surface area contributed by atoms with E-state index in [-0.39, 0.29) is 17.8 Å². The van der Waals surface area contributed by atoms with Crippen molar-refractivity contribution in [2.75, 3.05) is 51.8 Å². The van der Waals surface area contributed by atoms with Crippen molar-refractivity contribution in [3.8, 4) is 5.75 Å². The quantitative estimate of drug-likeness (QED) is 0.614. The van der Waals surface area contributed by atoms with Gasteiger partial charge < -0.3 is 9.47 Å². The van der Waals surface area contributed by atoms with E-state index in [9.17, 15) is 18.0 Å². The van der Waals surface area contributed by atoms with Crippen molar-refractivity contribution in [1.82, 2.24) is 9.80 Å². The molecule has 0 atom stereocenters. The number of methoxy groups -OCH3 is 1. The molecule has 0 aromatic heterocycles. The van der Waals surface area contributed by atoms with E-state index in [0.717, 1.165) is 25.7 Å². The monoisotopic (exact) mass is 467 g/mol. The molecule has 9 heteroatoms. The number of halogens is 3. The number of anilines is 1. The first-order valence-corrected chi connectivity index (χ1v) is 11.0. The van der Waals surface area contributed by atoms with Crippen molar-refractivity contribution in [2.45, 2.75) is 26.6 Å². The number of nitrogens with one attached hydrogen (secondary N) is 1. The van der Waals surface area contributed by atoms with Crippen LogP contribution in [-0.4, -0.2) is 62.3 Å². The Morgan fingerprint density at radius 3 is 2.24 bits per heavy atom. The van der Waals surface area contributed by atoms with Gasteiger partial charge >= 0.3 is 12.3 Å². The second kappa shape index (κ2) is 13.2. The summed E-state index contributed by atoms with van der Waals surface area (Å²) in [4.78, 5) is 16.3. The second-order valence-corrected chi connectivity index (χ2v) is 7.31. The number of benzene rings is 2. The van der Waals surface area contributed by atoms with Crippen LogP contribution in [0.25, 0.3) is 0 Å². The zero-order valence-corrected chi connectivity index (χ0v) is 19.3. The third-order valence-electron chi connectivity index (χ3n) is 5.09. The number of hydrogen-bond donors (Lipinski definition) is 1. The van der Waals surface area contributed by atoms with Crippen LogP contribution in [0, 0.1) is 0 Å². The Morgan fingerprint density at radius 1 is 1.00 bits per heavy atom. The molecule has 1 N–H and O–H groups in total. The first-order chi connectivity index (χ1) is 15.8. The molecule has 0 saturated carbocycles. The third kappa shape index (κ3) is 8.68. The third-order valence-corrected chi connectivity index (χ3v) is 5.09. The standard InChI is InChI=1S/C22H26F3N3O3.C2H6/c1-30-14-13-27-9-11-28(12-10-27)16-17-7-8-18(15-20(17)22(23,24)25)26-21(29)31-19-5-3-2-4-6-19;1-2/h2-8,15H,9-14,16H2,1H3,(H,26,29);1-2H3. The minimum atomic E-state index is -4.53. The summed E-state index contributed by atoms with van der Waals surface area (Å²) in [6, 6.07) is 12.1. The van der Waals surface area contributed by atoms with Crippen LogP contribution in [0.5, 0.6) is 5.75 Å². The van der Waals surface area contributed by atoms with E-state index in [1.807, 2.05) is 18.7 Å². The van der Waals surface area contributed by atoms with Crippen LogP contribution in [-0.2, 0) is 17.5 Å². The molecule has 6 nitrogen and oxygen atoms in total. The summed E-state index contributed by atoms with van der Waals surface area (Å²) < 4.78 is 51.2. The van der Waals surface area contributed by atoms with Crippen LogP contribution in [0.15, 0.2) is 48.5 Å². The topological polar surface area (TPSA) is 54.0 Å². The molecule has 0 radical (unpaired) electrons. The summed E-state index contributed by atoms with van der Waals surface area (Å²) in [6.45, 7) is 8.60. The molecular weight excluding hydrogens is 435 g/mol. The number of carbonyl (C=O) groups is 1. The lowest BCUT2D eigenvalue weighted by Crippen LogP contribution is -2.46. The number of para-hydroxylation sites is 1. The van der Waals surface area contributed by atoms with Crippen LogP contribution >= 0.6 is 0 Å². The minimum absolute atomic E-state index is 0.0291. The molecule has 0 spiro atoms. The van der Waals surface area contributed by atoms with Gasteiger partial charge in [-0.05, 0) is 29.8 Å². The Morgan fingerprint density at radius 2 is 1.64 bits per heavy atom. The van der Waals surface area contributed by atoms with Crippen molar-refractivity contribution in [1.29, 1.82) is 0 Å². The van der Waals surface area contributed by atoms with Gasteiger partial charge in [0, 0.05) is 52.1 Å². The van der Waals surface area contributed by atoms with E-state index < -0.39 is 17.8 Å². The lowest BCUT2D eigenvalue weighted by atomic mass is 10.0. The zero-order valence-electron chi connectivity index (χ0n) is 19.3. The van der Waals surface area contributed by atoms with Gasteiger partial charge in [0.05, 0.1) is 12.2 Å². The number of amides is 1. The largest absolute Gasteiger partial charge is 0.417 e. The number of carbonyl (C=O) groups excluding carboxylic acids is 1. The highest BCUT2D eigenvalue weighted by atomic mass is 19.4. The molecule has 1 fully saturated rings. The fourth-order valence-corrected chi connectivity index (χ4v) is 3.43. The van der Waals surface area contributed by atoms with Gasteiger partial charge in [0.2, 0.25) is 0 Å². The van der Waals surface area contributed by atoms with E-state index in [1.165, 1.54) is 12.1 Å². The predicted molar refractivity (Wildman–Crippen MR) is 122 cm³/mol. The lowest BCUT2D eigenvalue weighted by molar-refractivity contribution is -0.138. The van der Waals surface area contributed by atoms with E-state index in [0.29, 0.717) is 25.4 Å². The molecule has 1 heterocycles. The smallest absolute Gasteiger partial charge is 0.410 e. The summed E-state index contributed by atoms with van der Waals surface area (Å²) in [5.41, 5.74) is -0.548. The van der Waals surface area contributed by atoms with E-state index in [1.54, 1.807) is 37.4 Å². The Kier molecular flexibility index (Phi) is 10.6. The molecule has 0 bridgehead atoms. The number of alkyl halides is 3. The van der Waals surface area contributed by atoms with Gasteiger partial charge in [0.1, 0.15) is 5.75 Å². The van der Waals surface area contributed by atoms with Gasteiger partial charge in [-0.25, -0.2) is 4.79 Å². The number of piperazine rings is 1. The molecule has 3 rings (SSSR count). The molecule has 0 unspecified atom stereocenters. The summed E-state index contributed by atoms with van der Waals surface area (Å²) in [5, 5.41) is 2.37. The number of rotatable bonds is 7. The Bertz CT molecular complexity index is 855. The maximum Gasteiger partial charge on any atom is 0.417 e. The van der Waals surface area contributed by atoms with E-state index >= 15 is 0 Å². The van der Waals surface area contributed by atoms with Crippen LogP contribution in [0.4, 0.5) is 23.7 Å². The summed E-state index contributed by atoms with van der Waals surface area (Å²) >= 11 is 0. The Labute approximate surface area is 193 Å². The van der Waals surface area contributed by atoms with Crippen molar-refractivity contribution in [3.05, 3.63) is 59.7 Å². The molecule has 0 aliphatic carbocycles. The lowest BCUT2D eigenvalue weighted by Gasteiger charge is -2.35. The van der Waals surface area contributed by atoms with E-state index in [2.05, 4.69) is 10.2 Å². The number of ether oxygens (including phenoxy) is 2. The maximum absolute atomic E-state index is 13.7. The molecule has 2 aromatic rings. The van der Waals surface area contributed by atoms with Gasteiger partial charge in [0.25, 0.3) is 0 Å². The number of nitrogens with zero attached hydrogens (tertiary/aromatic N) is 2. The Balaban J connectivity index is 0.00000187. The van der Waals surface area contributed by atoms with Crippen molar-refractivity contribution in [2.24, 2.45) is 0 Å². The maximum atomic E-state index is 13.7. The van der Waals surface area contributed by atoms with Gasteiger partial charge in [0.15, 0.2) is 0 Å². The first-order valence-electron chi connectivity index (χ1n) is 11.0. The summed E-state index contributed by atoms with van der Waals surface area (Å²) in [6.07, 6.45) is -5.38. The van der Waals surface area contributed by atoms with Gasteiger partial charge in [-0.2, -0.15) is 13.2 Å². The highest BCUT2D eigenvalue weighted by Gasteiger charge is 2.34. The molecule has 1 saturated heterocycles. The summed E-state index contributed by atoms with van der Waals surface area (Å²) in [7, 11) is 1.65. The molecular formula is C24H32F3N3O3. The van der Waals surface area contributed by atoms with E-state index in [4.69, 9.17) is 9.47 Å². The highest BCUT2D eigenvalue weighted by Crippen LogP contribution is 2.34. The first kappa shape index (κ1) is 26.6. The fraction of sp³-hybridized carbons (Fsp3) is 0.458. The number of hydrogen-bond acceptors (Lipinski definition) is 5. The fourth-order valence-electron chi connectivity index (χ4n) is 3.43. The van der Waals surface area contributed by atoms with Crippen molar-refractivity contribution >= 4 is 11.8 Å². The van der Waals surface area contributed by atoms with Crippen LogP contribution in [0.3, 0.4) is 0 Å². The average Bonchev–Trinajstić information content (AvgIpc) is 2.81. The minimum Gasteiger partial charge on any atom is -0.410 e. The summed E-state index contributed by atoms with van der Waals surface area (Å²) in [5.74, 6) is 0.303. The normalized spacial score (nSPS) is 14.8. The molecule has 182 valence electrons. The SMILES string of the molecule is CC.COCCN1CCN(Cc2ccc(NC(=O)Oc3ccccc3)cc2C(F)(F)F)CC1. The Hall–Kier alpha value is -2.62. The highest BCUT2D eigenvalue weighted by molar-refractivity contribution is 5.86. The van der Waals surface area contributed by atoms with Gasteiger partial charge in [-0.15, -0.1) is 0 Å². The molecule has 1 aliphatic rings. The van der Waals surface area contributed by atoms with Crippen LogP contribution in [0.2, 0.25) is 0 Å². The molecule has 1 aliphatic heterocycles. The molecule has 1 amide bonds. The van der Waals surface area contributed by atoms with Gasteiger partial charge in [-0.1, -0.05) is 38.1 Å². The predicted octanol–water partition coefficient (Wildman–Crippen LogP) is 5.11. The van der Waals surface area contributed by atoms with Crippen LogP contribution in [0.1, 0.15) is 25.0 Å².